The van der Waals surface area contributed by atoms with Crippen LogP contribution in [-0.2, 0) is 9.53 Å². The van der Waals surface area contributed by atoms with Gasteiger partial charge in [0.05, 0.1) is 12.1 Å². The molecule has 0 aromatic heterocycles. The van der Waals surface area contributed by atoms with E-state index in [1.54, 1.807) is 6.92 Å². The first-order valence-electron chi connectivity index (χ1n) is 4.55. The molecule has 3 nitrogen and oxygen atoms in total. The smallest absolute Gasteiger partial charge is 0.250 e. The van der Waals surface area contributed by atoms with Crippen LogP contribution in [0.4, 0.5) is 0 Å². The van der Waals surface area contributed by atoms with Crippen LogP contribution in [0.3, 0.4) is 0 Å². The molecule has 1 rings (SSSR count). The summed E-state index contributed by atoms with van der Waals surface area (Å²) in [5.74, 6) is 2.35. The summed E-state index contributed by atoms with van der Waals surface area (Å²) in [6.45, 7) is 3.74. The molecule has 0 aliphatic carbocycles. The van der Waals surface area contributed by atoms with Gasteiger partial charge in [0.2, 0.25) is 5.91 Å². The lowest BCUT2D eigenvalue weighted by Crippen LogP contribution is -2.39. The Balaban J connectivity index is 2.37. The molecule has 0 bridgehead atoms. The molecule has 3 atom stereocenters. The van der Waals surface area contributed by atoms with Gasteiger partial charge in [0.1, 0.15) is 6.10 Å². The molecule has 1 fully saturated rings. The van der Waals surface area contributed by atoms with Crippen molar-refractivity contribution in [3.8, 4) is 12.3 Å². The van der Waals surface area contributed by atoms with E-state index in [1.165, 1.54) is 0 Å². The van der Waals surface area contributed by atoms with Crippen LogP contribution in [0.2, 0.25) is 0 Å². The molecule has 1 N–H and O–H groups in total. The fourth-order valence-electron chi connectivity index (χ4n) is 1.34. The van der Waals surface area contributed by atoms with Gasteiger partial charge in [-0.1, -0.05) is 5.92 Å². The third-order valence-electron chi connectivity index (χ3n) is 2.13. The quantitative estimate of drug-likeness (QED) is 0.636. The molecule has 0 aromatic carbocycles. The minimum Gasteiger partial charge on any atom is -0.365 e. The standard InChI is InChI=1S/C10H15NO2/c1-4-7(2)11-10(12)9-6-5-8(3)13-9/h1,7-9H,5-6H2,2-3H3,(H,11,12)/t7?,8-,9-/m0/s1. The van der Waals surface area contributed by atoms with E-state index in [1.807, 2.05) is 6.92 Å². The van der Waals surface area contributed by atoms with Gasteiger partial charge >= 0.3 is 0 Å². The Kier molecular flexibility index (Phi) is 3.32. The highest BCUT2D eigenvalue weighted by Gasteiger charge is 2.28. The number of rotatable bonds is 2. The lowest BCUT2D eigenvalue weighted by atomic mass is 10.2. The molecule has 72 valence electrons. The Morgan fingerprint density at radius 1 is 1.69 bits per heavy atom. The molecule has 0 aromatic rings. The van der Waals surface area contributed by atoms with Crippen LogP contribution in [-0.4, -0.2) is 24.2 Å². The van der Waals surface area contributed by atoms with E-state index in [-0.39, 0.29) is 24.2 Å². The van der Waals surface area contributed by atoms with Gasteiger partial charge in [-0.25, -0.2) is 0 Å². The van der Waals surface area contributed by atoms with Crippen molar-refractivity contribution in [3.05, 3.63) is 0 Å². The van der Waals surface area contributed by atoms with Gasteiger partial charge in [0, 0.05) is 0 Å². The highest BCUT2D eigenvalue weighted by atomic mass is 16.5. The average molecular weight is 181 g/mol. The van der Waals surface area contributed by atoms with E-state index in [0.717, 1.165) is 12.8 Å². The molecule has 1 amide bonds. The van der Waals surface area contributed by atoms with Gasteiger partial charge in [-0.2, -0.15) is 0 Å². The summed E-state index contributed by atoms with van der Waals surface area (Å²) in [7, 11) is 0. The highest BCUT2D eigenvalue weighted by molar-refractivity contribution is 5.81. The first-order valence-corrected chi connectivity index (χ1v) is 4.55. The number of amides is 1. The molecule has 0 saturated carbocycles. The number of hydrogen-bond donors (Lipinski definition) is 1. The molecule has 1 saturated heterocycles. The van der Waals surface area contributed by atoms with Gasteiger partial charge < -0.3 is 10.1 Å². The molecular weight excluding hydrogens is 166 g/mol. The van der Waals surface area contributed by atoms with E-state index in [9.17, 15) is 4.79 Å². The zero-order chi connectivity index (χ0) is 9.84. The summed E-state index contributed by atoms with van der Waals surface area (Å²) in [6, 6.07) is -0.216. The fraction of sp³-hybridized carbons (Fsp3) is 0.700. The van der Waals surface area contributed by atoms with Crippen LogP contribution in [0.5, 0.6) is 0 Å². The van der Waals surface area contributed by atoms with Crippen LogP contribution in [0, 0.1) is 12.3 Å². The normalized spacial score (nSPS) is 29.3. The summed E-state index contributed by atoms with van der Waals surface area (Å²) in [5, 5.41) is 2.69. The number of terminal acetylenes is 1. The lowest BCUT2D eigenvalue weighted by molar-refractivity contribution is -0.132. The zero-order valence-corrected chi connectivity index (χ0v) is 8.04. The largest absolute Gasteiger partial charge is 0.365 e. The third-order valence-corrected chi connectivity index (χ3v) is 2.13. The first-order chi connectivity index (χ1) is 6.13. The number of carbonyl (C=O) groups is 1. The Morgan fingerprint density at radius 2 is 2.38 bits per heavy atom. The van der Waals surface area contributed by atoms with Crippen molar-refractivity contribution in [1.29, 1.82) is 0 Å². The van der Waals surface area contributed by atoms with Crippen molar-refractivity contribution in [2.45, 2.75) is 44.9 Å². The second-order valence-corrected chi connectivity index (χ2v) is 3.41. The fourth-order valence-corrected chi connectivity index (χ4v) is 1.34. The predicted octanol–water partition coefficient (Wildman–Crippen LogP) is 0.692. The molecule has 1 heterocycles. The summed E-state index contributed by atoms with van der Waals surface area (Å²) >= 11 is 0. The Morgan fingerprint density at radius 3 is 2.85 bits per heavy atom. The Hall–Kier alpha value is -1.01. The van der Waals surface area contributed by atoms with Crippen molar-refractivity contribution in [2.24, 2.45) is 0 Å². The maximum atomic E-state index is 11.4. The maximum absolute atomic E-state index is 11.4. The summed E-state index contributed by atoms with van der Waals surface area (Å²) in [6.07, 6.45) is 6.78. The maximum Gasteiger partial charge on any atom is 0.250 e. The highest BCUT2D eigenvalue weighted by Crippen LogP contribution is 2.18. The van der Waals surface area contributed by atoms with E-state index in [2.05, 4.69) is 11.2 Å². The molecule has 1 aliphatic heterocycles. The van der Waals surface area contributed by atoms with Crippen LogP contribution in [0.15, 0.2) is 0 Å². The van der Waals surface area contributed by atoms with Gasteiger partial charge in [-0.15, -0.1) is 6.42 Å². The van der Waals surface area contributed by atoms with E-state index in [0.29, 0.717) is 0 Å². The first kappa shape index (κ1) is 10.1. The SMILES string of the molecule is C#CC(C)NC(=O)[C@@H]1CC[C@H](C)O1. The van der Waals surface area contributed by atoms with Crippen LogP contribution >= 0.6 is 0 Å². The minimum atomic E-state index is -0.300. The summed E-state index contributed by atoms with van der Waals surface area (Å²) in [4.78, 5) is 11.4. The molecule has 13 heavy (non-hydrogen) atoms. The van der Waals surface area contributed by atoms with Gasteiger partial charge in [-0.05, 0) is 26.7 Å². The van der Waals surface area contributed by atoms with Crippen LogP contribution in [0.1, 0.15) is 26.7 Å². The Bertz CT molecular complexity index is 232. The molecule has 0 radical (unpaired) electrons. The molecule has 3 heteroatoms. The van der Waals surface area contributed by atoms with E-state index >= 15 is 0 Å². The van der Waals surface area contributed by atoms with Crippen molar-refractivity contribution >= 4 is 5.91 Å². The van der Waals surface area contributed by atoms with Gasteiger partial charge in [-0.3, -0.25) is 4.79 Å². The van der Waals surface area contributed by atoms with E-state index in [4.69, 9.17) is 11.2 Å². The van der Waals surface area contributed by atoms with Crippen LogP contribution < -0.4 is 5.32 Å². The summed E-state index contributed by atoms with van der Waals surface area (Å²) < 4.78 is 5.39. The number of ether oxygens (including phenoxy) is 1. The number of carbonyl (C=O) groups excluding carboxylic acids is 1. The molecule has 1 aliphatic rings. The van der Waals surface area contributed by atoms with Crippen molar-refractivity contribution < 1.29 is 9.53 Å². The topological polar surface area (TPSA) is 38.3 Å². The Labute approximate surface area is 78.8 Å². The van der Waals surface area contributed by atoms with Crippen molar-refractivity contribution in [2.75, 3.05) is 0 Å². The third kappa shape index (κ3) is 2.74. The van der Waals surface area contributed by atoms with Crippen molar-refractivity contribution in [3.63, 3.8) is 0 Å². The zero-order valence-electron chi connectivity index (χ0n) is 8.04. The molecule has 0 spiro atoms. The molecule has 1 unspecified atom stereocenters. The predicted molar refractivity (Wildman–Crippen MR) is 50.0 cm³/mol. The minimum absolute atomic E-state index is 0.0881. The lowest BCUT2D eigenvalue weighted by Gasteiger charge is -2.13. The second kappa shape index (κ2) is 4.29. The molecular formula is C10H15NO2. The van der Waals surface area contributed by atoms with Crippen molar-refractivity contribution in [1.82, 2.24) is 5.32 Å². The van der Waals surface area contributed by atoms with E-state index < -0.39 is 0 Å². The number of hydrogen-bond acceptors (Lipinski definition) is 2. The summed E-state index contributed by atoms with van der Waals surface area (Å²) in [5.41, 5.74) is 0. The second-order valence-electron chi connectivity index (χ2n) is 3.41. The average Bonchev–Trinajstić information content (AvgIpc) is 2.51. The monoisotopic (exact) mass is 181 g/mol. The van der Waals surface area contributed by atoms with Crippen LogP contribution in [0.25, 0.3) is 0 Å². The van der Waals surface area contributed by atoms with Gasteiger partial charge in [0.15, 0.2) is 0 Å². The number of nitrogens with one attached hydrogen (secondary N) is 1. The van der Waals surface area contributed by atoms with Gasteiger partial charge in [0.25, 0.3) is 0 Å².